The molecule has 1 N–H and O–H groups in total. The van der Waals surface area contributed by atoms with E-state index in [2.05, 4.69) is 28.9 Å². The van der Waals surface area contributed by atoms with E-state index in [0.717, 1.165) is 61.8 Å². The molecular weight excluding hydrogens is 488 g/mol. The predicted molar refractivity (Wildman–Crippen MR) is 151 cm³/mol. The minimum atomic E-state index is -0.398. The standard InChI is InChI=1S/C33H38N2O4/c1-3-19-38-33-16-15-25(34-28(36)14-11-22-7-5-4-6-8-22)31-32(33)17-18-35(21-23-9-10-23)27(33)20-24-12-13-26(37-2)30(39-31)29(24)32/h3-8,11-14,23,25,27,31H,1,9-10,15-21H2,2H3,(H,34,36)/b14-11+/t25-,27-,31+,32+,33-/m1/s1. The van der Waals surface area contributed by atoms with Gasteiger partial charge in [-0.05, 0) is 74.3 Å². The number of nitrogens with zero attached hydrogens (tertiary/aromatic N) is 1. The lowest BCUT2D eigenvalue weighted by atomic mass is 9.48. The fourth-order valence-electron chi connectivity index (χ4n) is 8.22. The molecule has 2 heterocycles. The summed E-state index contributed by atoms with van der Waals surface area (Å²) in [6, 6.07) is 14.4. The van der Waals surface area contributed by atoms with E-state index in [4.69, 9.17) is 14.2 Å². The first-order chi connectivity index (χ1) is 19.1. The largest absolute Gasteiger partial charge is 0.493 e. The number of carbonyl (C=O) groups is 1. The third-order valence-electron chi connectivity index (χ3n) is 9.94. The van der Waals surface area contributed by atoms with Crippen molar-refractivity contribution >= 4 is 12.0 Å². The molecule has 2 bridgehead atoms. The van der Waals surface area contributed by atoms with Gasteiger partial charge in [0.1, 0.15) is 6.10 Å². The van der Waals surface area contributed by atoms with E-state index in [1.165, 1.54) is 24.0 Å². The Hall–Kier alpha value is -3.09. The number of rotatable bonds is 9. The first-order valence-corrected chi connectivity index (χ1v) is 14.5. The molecule has 204 valence electrons. The molecule has 1 amide bonds. The summed E-state index contributed by atoms with van der Waals surface area (Å²) in [5, 5.41) is 3.34. The fraction of sp³-hybridized carbons (Fsp3) is 0.485. The molecule has 6 heteroatoms. The van der Waals surface area contributed by atoms with Crippen LogP contribution in [0.2, 0.25) is 0 Å². The molecule has 0 unspecified atom stereocenters. The van der Waals surface area contributed by atoms with E-state index >= 15 is 0 Å². The number of carbonyl (C=O) groups excluding carboxylic acids is 1. The highest BCUT2D eigenvalue weighted by molar-refractivity contribution is 5.92. The number of benzene rings is 2. The Kier molecular flexibility index (Phi) is 6.09. The van der Waals surface area contributed by atoms with Crippen molar-refractivity contribution in [3.63, 3.8) is 0 Å². The number of piperidine rings is 1. The molecular formula is C33H38N2O4. The fourth-order valence-corrected chi connectivity index (χ4v) is 8.22. The first kappa shape index (κ1) is 24.9. The van der Waals surface area contributed by atoms with Gasteiger partial charge in [0.25, 0.3) is 0 Å². The van der Waals surface area contributed by atoms with Crippen LogP contribution in [0, 0.1) is 5.92 Å². The Morgan fingerprint density at radius 2 is 2.03 bits per heavy atom. The van der Waals surface area contributed by atoms with Crippen LogP contribution >= 0.6 is 0 Å². The number of amides is 1. The topological polar surface area (TPSA) is 60.0 Å². The van der Waals surface area contributed by atoms with E-state index in [-0.39, 0.29) is 29.5 Å². The van der Waals surface area contributed by atoms with Gasteiger partial charge in [0.2, 0.25) is 5.91 Å². The Morgan fingerprint density at radius 1 is 1.18 bits per heavy atom. The van der Waals surface area contributed by atoms with Gasteiger partial charge in [0.05, 0.1) is 30.8 Å². The lowest BCUT2D eigenvalue weighted by molar-refractivity contribution is -0.215. The average Bonchev–Trinajstić information content (AvgIpc) is 3.71. The summed E-state index contributed by atoms with van der Waals surface area (Å²) in [6.45, 7) is 6.67. The maximum absolute atomic E-state index is 13.2. The van der Waals surface area contributed by atoms with Gasteiger partial charge in [-0.2, -0.15) is 0 Å². The van der Waals surface area contributed by atoms with Crippen molar-refractivity contribution in [2.75, 3.05) is 26.8 Å². The SMILES string of the molecule is C=CCO[C@@]12CC[C@@H](NC(=O)/C=C/c3ccccc3)[C@@H]3Oc4c(OC)ccc5c4[C@@]31CCN(CC1CC1)[C@@H]2C5. The van der Waals surface area contributed by atoms with Crippen LogP contribution < -0.4 is 14.8 Å². The second-order valence-electron chi connectivity index (χ2n) is 11.9. The molecule has 0 aromatic heterocycles. The number of likely N-dealkylation sites (tertiary alicyclic amines) is 1. The van der Waals surface area contributed by atoms with E-state index in [9.17, 15) is 4.79 Å². The van der Waals surface area contributed by atoms with Gasteiger partial charge in [-0.1, -0.05) is 42.5 Å². The van der Waals surface area contributed by atoms with Crippen molar-refractivity contribution in [3.8, 4) is 11.5 Å². The van der Waals surface area contributed by atoms with Gasteiger partial charge < -0.3 is 19.5 Å². The first-order valence-electron chi connectivity index (χ1n) is 14.5. The summed E-state index contributed by atoms with van der Waals surface area (Å²) in [5.74, 6) is 2.33. The molecule has 3 fully saturated rings. The quantitative estimate of drug-likeness (QED) is 0.380. The average molecular weight is 527 g/mol. The second-order valence-corrected chi connectivity index (χ2v) is 11.9. The summed E-state index contributed by atoms with van der Waals surface area (Å²) in [5.41, 5.74) is 2.86. The van der Waals surface area contributed by atoms with Crippen molar-refractivity contribution in [2.24, 2.45) is 5.92 Å². The van der Waals surface area contributed by atoms with Crippen LogP contribution in [0.3, 0.4) is 0 Å². The molecule has 6 nitrogen and oxygen atoms in total. The third kappa shape index (κ3) is 3.79. The lowest BCUT2D eigenvalue weighted by Crippen LogP contribution is -2.79. The predicted octanol–water partition coefficient (Wildman–Crippen LogP) is 4.67. The Balaban J connectivity index is 1.28. The number of nitrogens with one attached hydrogen (secondary N) is 1. The van der Waals surface area contributed by atoms with E-state index < -0.39 is 5.60 Å². The summed E-state index contributed by atoms with van der Waals surface area (Å²) in [7, 11) is 1.71. The molecule has 2 aromatic carbocycles. The van der Waals surface area contributed by atoms with Crippen LogP contribution in [0.4, 0.5) is 0 Å². The zero-order valence-electron chi connectivity index (χ0n) is 22.7. The van der Waals surface area contributed by atoms with Crippen LogP contribution in [0.5, 0.6) is 11.5 Å². The molecule has 1 spiro atoms. The van der Waals surface area contributed by atoms with Gasteiger partial charge in [0, 0.05) is 24.2 Å². The highest BCUT2D eigenvalue weighted by Gasteiger charge is 2.74. The lowest BCUT2D eigenvalue weighted by Gasteiger charge is -2.66. The number of methoxy groups -OCH3 is 1. The zero-order valence-corrected chi connectivity index (χ0v) is 22.7. The summed E-state index contributed by atoms with van der Waals surface area (Å²) >= 11 is 0. The molecule has 5 aliphatic rings. The van der Waals surface area contributed by atoms with Crippen LogP contribution in [0.25, 0.3) is 6.08 Å². The monoisotopic (exact) mass is 526 g/mol. The van der Waals surface area contributed by atoms with Crippen LogP contribution in [-0.4, -0.2) is 61.4 Å². The molecule has 39 heavy (non-hydrogen) atoms. The minimum absolute atomic E-state index is 0.0926. The summed E-state index contributed by atoms with van der Waals surface area (Å²) < 4.78 is 19.7. The zero-order chi connectivity index (χ0) is 26.6. The number of ether oxygens (including phenoxy) is 3. The van der Waals surface area contributed by atoms with Gasteiger partial charge in [0.15, 0.2) is 11.5 Å². The summed E-state index contributed by atoms with van der Waals surface area (Å²) in [4.78, 5) is 15.9. The van der Waals surface area contributed by atoms with Crippen LogP contribution in [0.15, 0.2) is 61.2 Å². The van der Waals surface area contributed by atoms with Crippen molar-refractivity contribution in [1.82, 2.24) is 10.2 Å². The normalized spacial score (nSPS) is 32.4. The number of hydrogen-bond acceptors (Lipinski definition) is 5. The minimum Gasteiger partial charge on any atom is -0.493 e. The summed E-state index contributed by atoms with van der Waals surface area (Å²) in [6.07, 6.45) is 11.4. The van der Waals surface area contributed by atoms with Gasteiger partial charge in [-0.15, -0.1) is 6.58 Å². The van der Waals surface area contributed by atoms with Gasteiger partial charge in [-0.25, -0.2) is 0 Å². The number of hydrogen-bond donors (Lipinski definition) is 1. The van der Waals surface area contributed by atoms with Crippen molar-refractivity contribution in [2.45, 2.75) is 67.7 Å². The van der Waals surface area contributed by atoms with Crippen molar-refractivity contribution in [1.29, 1.82) is 0 Å². The third-order valence-corrected chi connectivity index (χ3v) is 9.94. The molecule has 2 aromatic rings. The highest BCUT2D eigenvalue weighted by Crippen LogP contribution is 2.66. The Morgan fingerprint density at radius 3 is 2.79 bits per heavy atom. The molecule has 2 aliphatic heterocycles. The van der Waals surface area contributed by atoms with Gasteiger partial charge >= 0.3 is 0 Å². The van der Waals surface area contributed by atoms with E-state index in [0.29, 0.717) is 6.61 Å². The Labute approximate surface area is 231 Å². The van der Waals surface area contributed by atoms with Crippen molar-refractivity contribution < 1.29 is 19.0 Å². The Bertz CT molecular complexity index is 1300. The van der Waals surface area contributed by atoms with Crippen molar-refractivity contribution in [3.05, 3.63) is 77.9 Å². The molecule has 1 saturated heterocycles. The second kappa shape index (κ2) is 9.53. The molecule has 3 aliphatic carbocycles. The molecule has 5 atom stereocenters. The van der Waals surface area contributed by atoms with Crippen LogP contribution in [0.1, 0.15) is 48.8 Å². The smallest absolute Gasteiger partial charge is 0.244 e. The maximum Gasteiger partial charge on any atom is 0.244 e. The maximum atomic E-state index is 13.2. The van der Waals surface area contributed by atoms with E-state index in [1.54, 1.807) is 13.2 Å². The van der Waals surface area contributed by atoms with Gasteiger partial charge in [-0.3, -0.25) is 9.69 Å². The van der Waals surface area contributed by atoms with E-state index in [1.807, 2.05) is 42.5 Å². The van der Waals surface area contributed by atoms with Crippen LogP contribution in [-0.2, 0) is 21.4 Å². The molecule has 7 rings (SSSR count). The molecule has 2 saturated carbocycles. The molecule has 0 radical (unpaired) electrons. The highest BCUT2D eigenvalue weighted by atomic mass is 16.5.